The zero-order valence-corrected chi connectivity index (χ0v) is 51.1. The molecule has 0 heterocycles. The summed E-state index contributed by atoms with van der Waals surface area (Å²) in [7, 11) is 1.45. The summed E-state index contributed by atoms with van der Waals surface area (Å²) in [5.74, 6) is -0.557. The molecular formula is C67H116N2O7P+. The minimum absolute atomic E-state index is 0.0265. The minimum atomic E-state index is -4.46. The number of phosphoric ester groups is 1. The Kier molecular flexibility index (Phi) is 53.1. The molecule has 0 aromatic rings. The van der Waals surface area contributed by atoms with Gasteiger partial charge < -0.3 is 19.4 Å². The SMILES string of the molecule is CC/C=C\C/C=C\C/C=C\C/C=C\C/C=C\C/C=C\CCCCCCCCC(=O)OC(/C=C\CCCCCCCCCCCC)C(COP(=O)(O)OCC[N+](C)(C)C)NC(=O)CCCCCC/C=C/C/C=C/C/C=C/CC. The van der Waals surface area contributed by atoms with Crippen molar-refractivity contribution in [2.24, 2.45) is 0 Å². The number of carbonyl (C=O) groups is 2. The number of rotatable bonds is 54. The van der Waals surface area contributed by atoms with Crippen LogP contribution in [0.3, 0.4) is 0 Å². The molecule has 0 aliphatic heterocycles. The molecule has 0 spiro atoms. The fourth-order valence-electron chi connectivity index (χ4n) is 8.19. The van der Waals surface area contributed by atoms with Crippen LogP contribution >= 0.6 is 7.82 Å². The number of ether oxygens (including phenoxy) is 1. The third kappa shape index (κ3) is 56.9. The van der Waals surface area contributed by atoms with Gasteiger partial charge in [-0.05, 0) is 115 Å². The molecule has 9 nitrogen and oxygen atoms in total. The second kappa shape index (κ2) is 55.7. The van der Waals surface area contributed by atoms with Crippen molar-refractivity contribution in [2.45, 2.75) is 251 Å². The lowest BCUT2D eigenvalue weighted by Gasteiger charge is -2.27. The molecule has 440 valence electrons. The molecule has 0 aliphatic rings. The topological polar surface area (TPSA) is 111 Å². The Bertz CT molecular complexity index is 1730. The highest BCUT2D eigenvalue weighted by Gasteiger charge is 2.30. The van der Waals surface area contributed by atoms with E-state index in [9.17, 15) is 19.0 Å². The van der Waals surface area contributed by atoms with Crippen molar-refractivity contribution in [3.63, 3.8) is 0 Å². The number of phosphoric acid groups is 1. The van der Waals surface area contributed by atoms with Crippen molar-refractivity contribution in [2.75, 3.05) is 40.9 Å². The van der Waals surface area contributed by atoms with Crippen LogP contribution in [-0.2, 0) is 27.9 Å². The maximum Gasteiger partial charge on any atom is 0.472 e. The summed E-state index contributed by atoms with van der Waals surface area (Å²) in [5.41, 5.74) is 0. The van der Waals surface area contributed by atoms with E-state index in [1.165, 1.54) is 51.4 Å². The number of hydrogen-bond acceptors (Lipinski definition) is 6. The number of esters is 1. The van der Waals surface area contributed by atoms with Crippen molar-refractivity contribution in [1.29, 1.82) is 0 Å². The quantitative estimate of drug-likeness (QED) is 0.0205. The van der Waals surface area contributed by atoms with Gasteiger partial charge in [-0.1, -0.05) is 233 Å². The first kappa shape index (κ1) is 73.4. The first-order valence-electron chi connectivity index (χ1n) is 30.9. The summed E-state index contributed by atoms with van der Waals surface area (Å²) >= 11 is 0. The van der Waals surface area contributed by atoms with Crippen molar-refractivity contribution in [3.8, 4) is 0 Å². The molecule has 0 saturated heterocycles. The standard InChI is InChI=1S/C67H115N2O7P/c1-7-10-13-16-19-22-25-28-30-31-32-33-34-35-36-37-38-39-40-42-45-48-51-54-57-60-67(71)76-65(58-55-52-49-46-43-27-24-21-18-15-12-9-3)64(63-75-77(72,73)74-62-61-69(4,5)6)68-66(70)59-56-53-50-47-44-41-29-26-23-20-17-14-11-8-2/h10-11,13-14,19-20,22-23,28-30,32-33,35-36,38-39,41,55,58,64-65H,7-9,12,15-18,21,24-27,31,34,37,40,42-54,56-57,59-63H2,1-6H3,(H-,68,70,72,73)/p+1/b13-10-,14-11+,22-19-,23-20+,30-28-,33-32-,36-35-,39-38-,41-29+,58-55-. The van der Waals surface area contributed by atoms with Gasteiger partial charge in [-0.15, -0.1) is 0 Å². The Labute approximate surface area is 473 Å². The fraction of sp³-hybridized carbons (Fsp3) is 0.672. The smallest absolute Gasteiger partial charge is 0.456 e. The number of nitrogens with zero attached hydrogens (tertiary/aromatic N) is 1. The van der Waals surface area contributed by atoms with Gasteiger partial charge in [-0.2, -0.15) is 0 Å². The van der Waals surface area contributed by atoms with Gasteiger partial charge in [-0.3, -0.25) is 18.6 Å². The Morgan fingerprint density at radius 1 is 0.468 bits per heavy atom. The fourth-order valence-corrected chi connectivity index (χ4v) is 8.93. The Morgan fingerprint density at radius 2 is 0.831 bits per heavy atom. The molecule has 2 N–H and O–H groups in total. The summed E-state index contributed by atoms with van der Waals surface area (Å²) in [5, 5.41) is 3.03. The molecule has 0 aromatic heterocycles. The highest BCUT2D eigenvalue weighted by Crippen LogP contribution is 2.43. The summed E-state index contributed by atoms with van der Waals surface area (Å²) in [6.07, 6.45) is 77.7. The van der Waals surface area contributed by atoms with Gasteiger partial charge in [0, 0.05) is 12.8 Å². The number of quaternary nitrogens is 1. The molecule has 3 atom stereocenters. The Hall–Kier alpha value is -3.59. The van der Waals surface area contributed by atoms with Crippen molar-refractivity contribution in [3.05, 3.63) is 122 Å². The van der Waals surface area contributed by atoms with Gasteiger partial charge in [-0.25, -0.2) is 4.57 Å². The van der Waals surface area contributed by atoms with Gasteiger partial charge >= 0.3 is 13.8 Å². The minimum Gasteiger partial charge on any atom is -0.456 e. The maximum atomic E-state index is 13.5. The van der Waals surface area contributed by atoms with E-state index in [0.717, 1.165) is 141 Å². The van der Waals surface area contributed by atoms with Gasteiger partial charge in [0.05, 0.1) is 33.8 Å². The summed E-state index contributed by atoms with van der Waals surface area (Å²) in [6.45, 7) is 6.74. The lowest BCUT2D eigenvalue weighted by Crippen LogP contribution is -2.47. The molecule has 0 rings (SSSR count). The lowest BCUT2D eigenvalue weighted by molar-refractivity contribution is -0.870. The van der Waals surface area contributed by atoms with Crippen LogP contribution in [-0.4, -0.2) is 74.3 Å². The number of allylic oxidation sites excluding steroid dienone is 19. The summed E-state index contributed by atoms with van der Waals surface area (Å²) in [6, 6.07) is -0.874. The van der Waals surface area contributed by atoms with E-state index >= 15 is 0 Å². The number of amides is 1. The third-order valence-electron chi connectivity index (χ3n) is 12.9. The van der Waals surface area contributed by atoms with Crippen LogP contribution in [0.2, 0.25) is 0 Å². The molecule has 10 heteroatoms. The number of hydrogen-bond donors (Lipinski definition) is 2. The molecule has 0 saturated carbocycles. The third-order valence-corrected chi connectivity index (χ3v) is 13.9. The molecular weight excluding hydrogens is 976 g/mol. The predicted octanol–water partition coefficient (Wildman–Crippen LogP) is 19.1. The molecule has 0 radical (unpaired) electrons. The van der Waals surface area contributed by atoms with E-state index in [-0.39, 0.29) is 31.5 Å². The van der Waals surface area contributed by atoms with Crippen LogP contribution < -0.4 is 5.32 Å². The molecule has 0 bridgehead atoms. The van der Waals surface area contributed by atoms with E-state index < -0.39 is 20.0 Å². The van der Waals surface area contributed by atoms with Crippen LogP contribution in [0.4, 0.5) is 0 Å². The van der Waals surface area contributed by atoms with E-state index in [2.05, 4.69) is 135 Å². The average molecular weight is 1090 g/mol. The Morgan fingerprint density at radius 3 is 1.25 bits per heavy atom. The van der Waals surface area contributed by atoms with Gasteiger partial charge in [0.15, 0.2) is 0 Å². The van der Waals surface area contributed by atoms with Crippen molar-refractivity contribution in [1.82, 2.24) is 5.32 Å². The van der Waals surface area contributed by atoms with E-state index in [0.29, 0.717) is 30.3 Å². The van der Waals surface area contributed by atoms with Crippen molar-refractivity contribution < 1.29 is 37.3 Å². The molecule has 77 heavy (non-hydrogen) atoms. The van der Waals surface area contributed by atoms with Crippen LogP contribution in [0.15, 0.2) is 122 Å². The first-order valence-corrected chi connectivity index (χ1v) is 32.4. The van der Waals surface area contributed by atoms with Crippen LogP contribution in [0, 0.1) is 0 Å². The van der Waals surface area contributed by atoms with Crippen LogP contribution in [0.1, 0.15) is 239 Å². The molecule has 0 aliphatic carbocycles. The maximum absolute atomic E-state index is 13.5. The number of unbranched alkanes of at least 4 members (excludes halogenated alkanes) is 20. The number of carbonyl (C=O) groups excluding carboxylic acids is 2. The van der Waals surface area contributed by atoms with Gasteiger partial charge in [0.2, 0.25) is 5.91 Å². The van der Waals surface area contributed by atoms with Crippen molar-refractivity contribution >= 4 is 19.7 Å². The lowest BCUT2D eigenvalue weighted by atomic mass is 10.0. The van der Waals surface area contributed by atoms with Gasteiger partial charge in [0.1, 0.15) is 19.3 Å². The normalized spacial score (nSPS) is 14.5. The predicted molar refractivity (Wildman–Crippen MR) is 332 cm³/mol. The second-order valence-corrected chi connectivity index (χ2v) is 22.9. The zero-order valence-electron chi connectivity index (χ0n) is 50.2. The van der Waals surface area contributed by atoms with E-state index in [1.807, 2.05) is 33.3 Å². The first-order chi connectivity index (χ1) is 37.4. The highest BCUT2D eigenvalue weighted by molar-refractivity contribution is 7.47. The van der Waals surface area contributed by atoms with Crippen LogP contribution in [0.25, 0.3) is 0 Å². The van der Waals surface area contributed by atoms with E-state index in [4.69, 9.17) is 13.8 Å². The van der Waals surface area contributed by atoms with Gasteiger partial charge in [0.25, 0.3) is 0 Å². The Balaban J connectivity index is 5.25. The average Bonchev–Trinajstić information content (AvgIpc) is 3.39. The van der Waals surface area contributed by atoms with E-state index in [1.54, 1.807) is 0 Å². The largest absolute Gasteiger partial charge is 0.472 e. The number of nitrogens with one attached hydrogen (secondary N) is 1. The second-order valence-electron chi connectivity index (χ2n) is 21.5. The molecule has 0 fully saturated rings. The van der Waals surface area contributed by atoms with Crippen LogP contribution in [0.5, 0.6) is 0 Å². The highest BCUT2D eigenvalue weighted by atomic mass is 31.2. The molecule has 3 unspecified atom stereocenters. The zero-order chi connectivity index (χ0) is 56.4. The monoisotopic (exact) mass is 1090 g/mol. The molecule has 0 aromatic carbocycles. The summed E-state index contributed by atoms with van der Waals surface area (Å²) < 4.78 is 30.6. The summed E-state index contributed by atoms with van der Waals surface area (Å²) in [4.78, 5) is 37.7. The number of likely N-dealkylation sites (N-methyl/N-ethyl adjacent to an activating group) is 1. The molecule has 1 amide bonds.